The third kappa shape index (κ3) is 2.37. The van der Waals surface area contributed by atoms with Crippen LogP contribution in [-0.4, -0.2) is 60.8 Å². The van der Waals surface area contributed by atoms with Gasteiger partial charge in [-0.1, -0.05) is 18.6 Å². The normalized spacial score (nSPS) is 54.9. The van der Waals surface area contributed by atoms with E-state index >= 15 is 0 Å². The van der Waals surface area contributed by atoms with Gasteiger partial charge in [0, 0.05) is 18.6 Å². The van der Waals surface area contributed by atoms with Crippen molar-refractivity contribution in [3.63, 3.8) is 0 Å². The van der Waals surface area contributed by atoms with Gasteiger partial charge in [0.05, 0.1) is 6.10 Å². The maximum Gasteiger partial charge on any atom is 0.0757 e. The van der Waals surface area contributed by atoms with Gasteiger partial charge in [-0.05, 0) is 108 Å². The van der Waals surface area contributed by atoms with E-state index in [2.05, 4.69) is 50.9 Å². The van der Waals surface area contributed by atoms with E-state index in [0.717, 1.165) is 17.9 Å². The third-order valence-electron chi connectivity index (χ3n) is 10.4. The first-order valence-corrected chi connectivity index (χ1v) is 11.5. The van der Waals surface area contributed by atoms with Crippen molar-refractivity contribution in [2.75, 3.05) is 27.7 Å². The number of aliphatic hydroxyl groups is 1. The van der Waals surface area contributed by atoms with Crippen LogP contribution in [0.4, 0.5) is 0 Å². The number of hydrogen-bond acceptors (Lipinski definition) is 3. The number of nitrogens with zero attached hydrogens (tertiary/aromatic N) is 2. The molecule has 3 nitrogen and oxygen atoms in total. The second-order valence-corrected chi connectivity index (χ2v) is 11.4. The van der Waals surface area contributed by atoms with Crippen LogP contribution < -0.4 is 0 Å². The minimum atomic E-state index is -0.207. The van der Waals surface area contributed by atoms with Gasteiger partial charge in [0.2, 0.25) is 0 Å². The fourth-order valence-electron chi connectivity index (χ4n) is 8.88. The molecule has 1 heterocycles. The van der Waals surface area contributed by atoms with Crippen molar-refractivity contribution in [2.24, 2.45) is 34.5 Å². The summed E-state index contributed by atoms with van der Waals surface area (Å²) in [5.74, 6) is 2.81. The quantitative estimate of drug-likeness (QED) is 0.710. The predicted octanol–water partition coefficient (Wildman–Crippen LogP) is 3.78. The van der Waals surface area contributed by atoms with Crippen LogP contribution in [-0.2, 0) is 0 Å². The first kappa shape index (κ1) is 18.6. The second-order valence-electron chi connectivity index (χ2n) is 11.4. The van der Waals surface area contributed by atoms with Gasteiger partial charge in [-0.2, -0.15) is 0 Å². The number of likely N-dealkylation sites (tertiary alicyclic amines) is 1. The Hall–Kier alpha value is -0.380. The van der Waals surface area contributed by atoms with Crippen LogP contribution in [0.5, 0.6) is 0 Å². The first-order valence-electron chi connectivity index (χ1n) is 11.5. The number of fused-ring (bicyclic) bond motifs is 4. The van der Waals surface area contributed by atoms with E-state index in [4.69, 9.17) is 0 Å². The molecule has 0 aromatic rings. The lowest BCUT2D eigenvalue weighted by Gasteiger charge is -2.59. The minimum absolute atomic E-state index is 0.207. The molecule has 0 unspecified atom stereocenters. The average molecular weight is 373 g/mol. The summed E-state index contributed by atoms with van der Waals surface area (Å²) in [6.07, 6.45) is 11.4. The molecule has 9 atom stereocenters. The Kier molecular flexibility index (Phi) is 4.18. The smallest absolute Gasteiger partial charge is 0.0757 e. The molecule has 0 aromatic heterocycles. The van der Waals surface area contributed by atoms with Crippen LogP contribution in [0.25, 0.3) is 0 Å². The van der Waals surface area contributed by atoms with E-state index < -0.39 is 0 Å². The maximum absolute atomic E-state index is 11.4. The van der Waals surface area contributed by atoms with Crippen molar-refractivity contribution in [1.29, 1.82) is 0 Å². The van der Waals surface area contributed by atoms with Crippen molar-refractivity contribution in [3.8, 4) is 0 Å². The third-order valence-corrected chi connectivity index (χ3v) is 10.4. The van der Waals surface area contributed by atoms with Crippen LogP contribution in [0.3, 0.4) is 0 Å². The number of rotatable bonds is 1. The predicted molar refractivity (Wildman–Crippen MR) is 110 cm³/mol. The van der Waals surface area contributed by atoms with Crippen molar-refractivity contribution in [1.82, 2.24) is 9.80 Å². The Bertz CT molecular complexity index is 644. The summed E-state index contributed by atoms with van der Waals surface area (Å²) in [6.45, 7) is 6.28. The van der Waals surface area contributed by atoms with Crippen LogP contribution in [0.1, 0.15) is 58.8 Å². The van der Waals surface area contributed by atoms with Crippen molar-refractivity contribution in [3.05, 3.63) is 11.6 Å². The zero-order chi connectivity index (χ0) is 19.1. The highest BCUT2D eigenvalue weighted by Gasteiger charge is 2.65. The highest BCUT2D eigenvalue weighted by molar-refractivity contribution is 5.29. The summed E-state index contributed by atoms with van der Waals surface area (Å²) in [6, 6.07) is 1.38. The molecule has 0 radical (unpaired) electrons. The van der Waals surface area contributed by atoms with E-state index in [1.54, 1.807) is 5.57 Å². The topological polar surface area (TPSA) is 26.7 Å². The van der Waals surface area contributed by atoms with Crippen LogP contribution >= 0.6 is 0 Å². The van der Waals surface area contributed by atoms with Gasteiger partial charge in [0.1, 0.15) is 0 Å². The SMILES string of the molecule is C[C@H]1[C@H]2CC[C@H]3[C@@H]4[C@@H](O)C=C5C[C@@H](N(C)C)CC[C@]5(C)[C@H]4CC[C@]23CN1C. The van der Waals surface area contributed by atoms with Crippen molar-refractivity contribution in [2.45, 2.75) is 77.0 Å². The van der Waals surface area contributed by atoms with Gasteiger partial charge in [-0.3, -0.25) is 0 Å². The average Bonchev–Trinajstić information content (AvgIpc) is 3.10. The molecule has 27 heavy (non-hydrogen) atoms. The van der Waals surface area contributed by atoms with Crippen LogP contribution in [0.2, 0.25) is 0 Å². The van der Waals surface area contributed by atoms with E-state index in [9.17, 15) is 5.11 Å². The number of aliphatic hydroxyl groups excluding tert-OH is 1. The Labute approximate surface area is 166 Å². The van der Waals surface area contributed by atoms with Crippen LogP contribution in [0.15, 0.2) is 11.6 Å². The largest absolute Gasteiger partial charge is 0.389 e. The molecule has 1 aliphatic heterocycles. The molecule has 152 valence electrons. The summed E-state index contributed by atoms with van der Waals surface area (Å²) in [4.78, 5) is 5.02. The highest BCUT2D eigenvalue weighted by atomic mass is 16.3. The standard InChI is InChI=1S/C24H40N2O/c1-15-18-6-7-20-22-19(9-11-24(18,20)14-26(15)5)23(2)10-8-17(25(3)4)12-16(23)13-21(22)27/h13,15,17-22,27H,6-12,14H2,1-5H3/t15-,17-,18+,19-,20-,21-,22+,23-,24-/m0/s1. The van der Waals surface area contributed by atoms with Gasteiger partial charge in [-0.25, -0.2) is 0 Å². The van der Waals surface area contributed by atoms with Crippen molar-refractivity contribution >= 4 is 0 Å². The fourth-order valence-corrected chi connectivity index (χ4v) is 8.88. The molecule has 1 spiro atoms. The molecule has 4 fully saturated rings. The first-order chi connectivity index (χ1) is 12.8. The van der Waals surface area contributed by atoms with Crippen molar-refractivity contribution < 1.29 is 5.11 Å². The van der Waals surface area contributed by atoms with Gasteiger partial charge >= 0.3 is 0 Å². The molecule has 1 N–H and O–H groups in total. The van der Waals surface area contributed by atoms with Gasteiger partial charge in [-0.15, -0.1) is 0 Å². The summed E-state index contributed by atoms with van der Waals surface area (Å²) in [5, 5.41) is 11.4. The second kappa shape index (κ2) is 6.06. The fraction of sp³-hybridized carbons (Fsp3) is 0.917. The summed E-state index contributed by atoms with van der Waals surface area (Å²) >= 11 is 0. The lowest BCUT2D eigenvalue weighted by Crippen LogP contribution is -2.56. The maximum atomic E-state index is 11.4. The molecule has 1 saturated heterocycles. The minimum Gasteiger partial charge on any atom is -0.389 e. The van der Waals surface area contributed by atoms with Gasteiger partial charge in [0.25, 0.3) is 0 Å². The highest BCUT2D eigenvalue weighted by Crippen LogP contribution is 2.68. The zero-order valence-corrected chi connectivity index (χ0v) is 18.1. The molecule has 0 bridgehead atoms. The van der Waals surface area contributed by atoms with Gasteiger partial charge < -0.3 is 14.9 Å². The Morgan fingerprint density at radius 2 is 1.81 bits per heavy atom. The molecule has 0 aromatic carbocycles. The van der Waals surface area contributed by atoms with Crippen LogP contribution in [0, 0.1) is 34.5 Å². The summed E-state index contributed by atoms with van der Waals surface area (Å²) in [7, 11) is 6.77. The monoisotopic (exact) mass is 372 g/mol. The molecular formula is C24H40N2O. The van der Waals surface area contributed by atoms with E-state index in [-0.39, 0.29) is 6.10 Å². The van der Waals surface area contributed by atoms with E-state index in [1.807, 2.05) is 0 Å². The van der Waals surface area contributed by atoms with E-state index in [1.165, 1.54) is 51.5 Å². The summed E-state index contributed by atoms with van der Waals surface area (Å²) in [5.41, 5.74) is 2.43. The Balaban J connectivity index is 1.49. The Morgan fingerprint density at radius 3 is 2.56 bits per heavy atom. The molecule has 0 amide bonds. The molecule has 5 rings (SSSR count). The molecular weight excluding hydrogens is 332 g/mol. The van der Waals surface area contributed by atoms with E-state index in [0.29, 0.717) is 28.7 Å². The summed E-state index contributed by atoms with van der Waals surface area (Å²) < 4.78 is 0. The van der Waals surface area contributed by atoms with Gasteiger partial charge in [0.15, 0.2) is 0 Å². The zero-order valence-electron chi connectivity index (χ0n) is 18.1. The number of hydrogen-bond donors (Lipinski definition) is 1. The lowest BCUT2D eigenvalue weighted by atomic mass is 9.46. The molecule has 4 aliphatic carbocycles. The molecule has 5 aliphatic rings. The lowest BCUT2D eigenvalue weighted by molar-refractivity contribution is -0.0882. The molecule has 3 heteroatoms. The molecule has 3 saturated carbocycles. The Morgan fingerprint density at radius 1 is 1.07 bits per heavy atom.